The lowest BCUT2D eigenvalue weighted by atomic mass is 10.00. The summed E-state index contributed by atoms with van der Waals surface area (Å²) < 4.78 is 5.35. The lowest BCUT2D eigenvalue weighted by Crippen LogP contribution is -2.05. The van der Waals surface area contributed by atoms with Crippen LogP contribution in [0.3, 0.4) is 0 Å². The Morgan fingerprint density at radius 1 is 0.880 bits per heavy atom. The van der Waals surface area contributed by atoms with Crippen molar-refractivity contribution in [2.24, 2.45) is 4.99 Å². The summed E-state index contributed by atoms with van der Waals surface area (Å²) in [4.78, 5) is 16.6. The third-order valence-electron chi connectivity index (χ3n) is 4.39. The Balaban J connectivity index is 1.78. The van der Waals surface area contributed by atoms with Crippen molar-refractivity contribution in [3.8, 4) is 0 Å². The van der Waals surface area contributed by atoms with E-state index in [2.05, 4.69) is 30.1 Å². The molecule has 122 valence electrons. The molecule has 0 saturated carbocycles. The molecular weight excluding hydrogens is 310 g/mol. The zero-order chi connectivity index (χ0) is 17.4. The predicted molar refractivity (Wildman–Crippen MR) is 100 cm³/mol. The molecule has 1 aliphatic heterocycles. The molecule has 0 amide bonds. The Kier molecular flexibility index (Phi) is 3.69. The van der Waals surface area contributed by atoms with Crippen LogP contribution in [0.15, 0.2) is 71.4 Å². The summed E-state index contributed by atoms with van der Waals surface area (Å²) >= 11 is 0. The zero-order valence-electron chi connectivity index (χ0n) is 14.1. The fraction of sp³-hybridized carbons (Fsp3) is 0.0909. The maximum atomic E-state index is 12.2. The number of aryl methyl sites for hydroxylation is 2. The molecule has 3 nitrogen and oxygen atoms in total. The summed E-state index contributed by atoms with van der Waals surface area (Å²) in [5, 5.41) is 2.27. The van der Waals surface area contributed by atoms with Crippen LogP contribution in [0.4, 0.5) is 0 Å². The minimum Gasteiger partial charge on any atom is -0.402 e. The zero-order valence-corrected chi connectivity index (χ0v) is 14.1. The molecule has 0 radical (unpaired) electrons. The number of ether oxygens (including phenoxy) is 1. The molecule has 1 aliphatic rings. The summed E-state index contributed by atoms with van der Waals surface area (Å²) in [5.41, 5.74) is 4.44. The Hall–Kier alpha value is -3.20. The van der Waals surface area contributed by atoms with Gasteiger partial charge in [0.05, 0.1) is 0 Å². The molecule has 4 rings (SSSR count). The van der Waals surface area contributed by atoms with Gasteiger partial charge in [0.15, 0.2) is 5.70 Å². The van der Waals surface area contributed by atoms with Crippen LogP contribution in [0.5, 0.6) is 0 Å². The van der Waals surface area contributed by atoms with Gasteiger partial charge in [-0.15, -0.1) is 0 Å². The highest BCUT2D eigenvalue weighted by atomic mass is 16.6. The number of carbonyl (C=O) groups is 1. The van der Waals surface area contributed by atoms with Gasteiger partial charge in [0.25, 0.3) is 0 Å². The number of rotatable bonds is 2. The molecule has 0 fully saturated rings. The molecule has 0 unspecified atom stereocenters. The van der Waals surface area contributed by atoms with Crippen molar-refractivity contribution in [1.29, 1.82) is 0 Å². The maximum Gasteiger partial charge on any atom is 0.363 e. The number of carbonyl (C=O) groups excluding carboxylic acids is 1. The van der Waals surface area contributed by atoms with Crippen molar-refractivity contribution in [2.45, 2.75) is 13.8 Å². The Bertz CT molecular complexity index is 1040. The lowest BCUT2D eigenvalue weighted by molar-refractivity contribution is -0.129. The van der Waals surface area contributed by atoms with E-state index >= 15 is 0 Å². The van der Waals surface area contributed by atoms with Gasteiger partial charge in [-0.25, -0.2) is 9.79 Å². The summed E-state index contributed by atoms with van der Waals surface area (Å²) in [5.74, 6) is -0.0621. The molecule has 3 aromatic carbocycles. The van der Waals surface area contributed by atoms with Gasteiger partial charge in [0.2, 0.25) is 5.90 Å². The SMILES string of the molecule is Cc1ccc(C2=N/C(=C\c3ccc(C)c4ccccc34)C(=O)O2)cc1. The van der Waals surface area contributed by atoms with Crippen molar-refractivity contribution in [3.05, 3.63) is 88.6 Å². The van der Waals surface area contributed by atoms with Gasteiger partial charge in [-0.3, -0.25) is 0 Å². The average Bonchev–Trinajstić information content (AvgIpc) is 2.99. The van der Waals surface area contributed by atoms with Crippen LogP contribution in [-0.4, -0.2) is 11.9 Å². The van der Waals surface area contributed by atoms with Gasteiger partial charge in [0, 0.05) is 5.56 Å². The van der Waals surface area contributed by atoms with Crippen LogP contribution in [0.1, 0.15) is 22.3 Å². The van der Waals surface area contributed by atoms with Gasteiger partial charge in [-0.05, 0) is 54.0 Å². The van der Waals surface area contributed by atoms with Crippen LogP contribution in [0.25, 0.3) is 16.8 Å². The molecular formula is C22H17NO2. The molecule has 0 aliphatic carbocycles. The van der Waals surface area contributed by atoms with E-state index in [0.29, 0.717) is 11.6 Å². The minimum atomic E-state index is -0.416. The van der Waals surface area contributed by atoms with Crippen molar-refractivity contribution in [2.75, 3.05) is 0 Å². The third kappa shape index (κ3) is 2.85. The second-order valence-electron chi connectivity index (χ2n) is 6.22. The quantitative estimate of drug-likeness (QED) is 0.501. The fourth-order valence-electron chi connectivity index (χ4n) is 2.97. The Morgan fingerprint density at radius 3 is 2.36 bits per heavy atom. The number of hydrogen-bond donors (Lipinski definition) is 0. The predicted octanol–water partition coefficient (Wildman–Crippen LogP) is 4.80. The first-order chi connectivity index (χ1) is 12.1. The molecule has 0 bridgehead atoms. The van der Waals surface area contributed by atoms with Gasteiger partial charge < -0.3 is 4.74 Å². The molecule has 0 atom stereocenters. The Morgan fingerprint density at radius 2 is 1.60 bits per heavy atom. The van der Waals surface area contributed by atoms with Gasteiger partial charge >= 0.3 is 5.97 Å². The first kappa shape index (κ1) is 15.3. The van der Waals surface area contributed by atoms with Crippen molar-refractivity contribution in [1.82, 2.24) is 0 Å². The van der Waals surface area contributed by atoms with Crippen molar-refractivity contribution in [3.63, 3.8) is 0 Å². The van der Waals surface area contributed by atoms with Crippen LogP contribution < -0.4 is 0 Å². The van der Waals surface area contributed by atoms with Crippen molar-refractivity contribution < 1.29 is 9.53 Å². The highest BCUT2D eigenvalue weighted by Crippen LogP contribution is 2.26. The number of esters is 1. The van der Waals surface area contributed by atoms with E-state index < -0.39 is 5.97 Å². The van der Waals surface area contributed by atoms with Gasteiger partial charge in [-0.1, -0.05) is 54.1 Å². The van der Waals surface area contributed by atoms with Crippen LogP contribution in [0, 0.1) is 13.8 Å². The molecule has 25 heavy (non-hydrogen) atoms. The number of benzene rings is 3. The van der Waals surface area contributed by atoms with Gasteiger partial charge in [-0.2, -0.15) is 0 Å². The molecule has 3 heteroatoms. The second-order valence-corrected chi connectivity index (χ2v) is 6.22. The first-order valence-corrected chi connectivity index (χ1v) is 8.20. The topological polar surface area (TPSA) is 38.7 Å². The maximum absolute atomic E-state index is 12.2. The Labute approximate surface area is 146 Å². The first-order valence-electron chi connectivity index (χ1n) is 8.20. The van der Waals surface area contributed by atoms with E-state index in [4.69, 9.17) is 4.74 Å². The summed E-state index contributed by atoms with van der Waals surface area (Å²) in [7, 11) is 0. The largest absolute Gasteiger partial charge is 0.402 e. The number of hydrogen-bond acceptors (Lipinski definition) is 3. The van der Waals surface area contributed by atoms with Gasteiger partial charge in [0.1, 0.15) is 0 Å². The molecule has 0 aromatic heterocycles. The normalized spacial score (nSPS) is 15.5. The standard InChI is InChI=1S/C22H17NO2/c1-14-7-10-16(11-8-14)21-23-20(22(24)25-21)13-17-12-9-15(2)18-5-3-4-6-19(17)18/h3-13H,1-2H3/b20-13-. The molecule has 0 N–H and O–H groups in total. The number of aliphatic imine (C=N–C) groups is 1. The average molecular weight is 327 g/mol. The van der Waals surface area contributed by atoms with E-state index in [0.717, 1.165) is 22.1 Å². The summed E-state index contributed by atoms with van der Waals surface area (Å²) in [6.07, 6.45) is 1.80. The summed E-state index contributed by atoms with van der Waals surface area (Å²) in [6.45, 7) is 4.09. The van der Waals surface area contributed by atoms with E-state index in [-0.39, 0.29) is 0 Å². The summed E-state index contributed by atoms with van der Waals surface area (Å²) in [6, 6.07) is 20.0. The van der Waals surface area contributed by atoms with E-state index in [1.54, 1.807) is 6.08 Å². The molecule has 0 spiro atoms. The minimum absolute atomic E-state index is 0.324. The highest BCUT2D eigenvalue weighted by molar-refractivity contribution is 6.13. The van der Waals surface area contributed by atoms with E-state index in [1.807, 2.05) is 49.4 Å². The molecule has 0 saturated heterocycles. The van der Waals surface area contributed by atoms with Crippen LogP contribution in [0.2, 0.25) is 0 Å². The monoisotopic (exact) mass is 327 g/mol. The smallest absolute Gasteiger partial charge is 0.363 e. The van der Waals surface area contributed by atoms with Crippen molar-refractivity contribution >= 4 is 28.7 Å². The lowest BCUT2D eigenvalue weighted by Gasteiger charge is -2.05. The number of cyclic esters (lactones) is 1. The highest BCUT2D eigenvalue weighted by Gasteiger charge is 2.24. The van der Waals surface area contributed by atoms with E-state index in [1.165, 1.54) is 10.9 Å². The second kappa shape index (κ2) is 6.02. The van der Waals surface area contributed by atoms with Crippen LogP contribution in [-0.2, 0) is 9.53 Å². The van der Waals surface area contributed by atoms with Crippen LogP contribution >= 0.6 is 0 Å². The molecule has 3 aromatic rings. The van der Waals surface area contributed by atoms with E-state index in [9.17, 15) is 4.79 Å². The fourth-order valence-corrected chi connectivity index (χ4v) is 2.97. The molecule has 1 heterocycles. The number of fused-ring (bicyclic) bond motifs is 1. The third-order valence-corrected chi connectivity index (χ3v) is 4.39. The number of nitrogens with zero attached hydrogens (tertiary/aromatic N) is 1.